The Morgan fingerprint density at radius 1 is 0.926 bits per heavy atom. The fourth-order valence-corrected chi connectivity index (χ4v) is 3.22. The predicted molar refractivity (Wildman–Crippen MR) is 113 cm³/mol. The highest BCUT2D eigenvalue weighted by Crippen LogP contribution is 2.11. The monoisotopic (exact) mass is 401 g/mol. The van der Waals surface area contributed by atoms with Crippen molar-refractivity contribution in [1.29, 1.82) is 0 Å². The Morgan fingerprint density at radius 3 is 1.85 bits per heavy atom. The fourth-order valence-electron chi connectivity index (χ4n) is 2.74. The van der Waals surface area contributed by atoms with Gasteiger partial charge in [-0.1, -0.05) is 76.0 Å². The molecule has 1 aromatic carbocycles. The molecule has 1 aromatic rings. The van der Waals surface area contributed by atoms with Crippen molar-refractivity contribution in [1.82, 2.24) is 4.90 Å². The molecule has 0 aliphatic carbocycles. The molecule has 6 heteroatoms. The molecule has 1 unspecified atom stereocenters. The molecular formula is C21H39NO4S. The van der Waals surface area contributed by atoms with E-state index >= 15 is 0 Å². The number of hydrogen-bond acceptors (Lipinski definition) is 4. The first-order valence-electron chi connectivity index (χ1n) is 10.0. The van der Waals surface area contributed by atoms with Crippen molar-refractivity contribution in [3.05, 3.63) is 29.8 Å². The lowest BCUT2D eigenvalue weighted by atomic mass is 10.1. The smallest absolute Gasteiger partial charge is 0.294 e. The predicted octanol–water partition coefficient (Wildman–Crippen LogP) is 4.68. The molecule has 5 nitrogen and oxygen atoms in total. The van der Waals surface area contributed by atoms with E-state index in [0.717, 1.165) is 18.5 Å². The third kappa shape index (κ3) is 15.8. The summed E-state index contributed by atoms with van der Waals surface area (Å²) in [6.45, 7) is 4.90. The molecule has 0 bridgehead atoms. The van der Waals surface area contributed by atoms with E-state index < -0.39 is 10.1 Å². The first kappa shape index (κ1) is 26.1. The molecule has 0 saturated carbocycles. The maximum atomic E-state index is 10.5. The average Bonchev–Trinajstić information content (AvgIpc) is 2.57. The van der Waals surface area contributed by atoms with E-state index in [0.29, 0.717) is 0 Å². The van der Waals surface area contributed by atoms with Crippen LogP contribution in [-0.2, 0) is 10.1 Å². The summed E-state index contributed by atoms with van der Waals surface area (Å²) >= 11 is 0. The highest BCUT2D eigenvalue weighted by atomic mass is 32.2. The second kappa shape index (κ2) is 15.0. The Kier molecular flexibility index (Phi) is 14.5. The van der Waals surface area contributed by atoms with Crippen molar-refractivity contribution < 1.29 is 18.1 Å². The van der Waals surface area contributed by atoms with Gasteiger partial charge in [0.05, 0.1) is 11.0 Å². The number of aliphatic hydroxyl groups excluding tert-OH is 1. The third-order valence-corrected chi connectivity index (χ3v) is 5.15. The molecule has 0 amide bonds. The van der Waals surface area contributed by atoms with Gasteiger partial charge in [0.1, 0.15) is 0 Å². The van der Waals surface area contributed by atoms with Gasteiger partial charge in [0.2, 0.25) is 0 Å². The van der Waals surface area contributed by atoms with E-state index in [2.05, 4.69) is 11.8 Å². The van der Waals surface area contributed by atoms with Gasteiger partial charge in [0.15, 0.2) is 0 Å². The summed E-state index contributed by atoms with van der Waals surface area (Å²) in [4.78, 5) is 1.98. The number of aryl methyl sites for hydroxylation is 1. The van der Waals surface area contributed by atoms with Crippen LogP contribution in [0.2, 0.25) is 0 Å². The molecule has 0 radical (unpaired) electrons. The molecule has 0 heterocycles. The van der Waals surface area contributed by atoms with E-state index in [9.17, 15) is 13.5 Å². The molecular weight excluding hydrogens is 362 g/mol. The van der Waals surface area contributed by atoms with Crippen LogP contribution < -0.4 is 0 Å². The molecule has 2 N–H and O–H groups in total. The number of benzene rings is 1. The summed E-state index contributed by atoms with van der Waals surface area (Å²) in [5.74, 6) is 0. The second-order valence-electron chi connectivity index (χ2n) is 7.47. The molecule has 1 atom stereocenters. The maximum absolute atomic E-state index is 10.5. The van der Waals surface area contributed by atoms with Gasteiger partial charge in [-0.2, -0.15) is 8.42 Å². The maximum Gasteiger partial charge on any atom is 0.294 e. The van der Waals surface area contributed by atoms with E-state index in [1.807, 2.05) is 21.0 Å². The fraction of sp³-hybridized carbons (Fsp3) is 0.714. The summed E-state index contributed by atoms with van der Waals surface area (Å²) in [6, 6.07) is 5.99. The quantitative estimate of drug-likeness (QED) is 0.393. The molecule has 158 valence electrons. The van der Waals surface area contributed by atoms with Gasteiger partial charge in [-0.25, -0.2) is 0 Å². The highest BCUT2D eigenvalue weighted by molar-refractivity contribution is 7.85. The summed E-state index contributed by atoms with van der Waals surface area (Å²) in [5, 5.41) is 9.65. The van der Waals surface area contributed by atoms with E-state index in [1.165, 1.54) is 63.5 Å². The average molecular weight is 402 g/mol. The Hall–Kier alpha value is -0.950. The second-order valence-corrected chi connectivity index (χ2v) is 8.89. The largest absolute Gasteiger partial charge is 0.392 e. The minimum Gasteiger partial charge on any atom is -0.392 e. The zero-order chi connectivity index (χ0) is 20.7. The summed E-state index contributed by atoms with van der Waals surface area (Å²) in [5.41, 5.74) is 0.956. The van der Waals surface area contributed by atoms with E-state index in [4.69, 9.17) is 4.55 Å². The highest BCUT2D eigenvalue weighted by Gasteiger charge is 2.07. The molecule has 0 fully saturated rings. The zero-order valence-corrected chi connectivity index (χ0v) is 18.3. The van der Waals surface area contributed by atoms with Crippen molar-refractivity contribution in [3.63, 3.8) is 0 Å². The number of unbranched alkanes of at least 4 members (excludes halogenated alkanes) is 7. The number of nitrogens with zero attached hydrogens (tertiary/aromatic N) is 1. The van der Waals surface area contributed by atoms with Crippen LogP contribution in [0.3, 0.4) is 0 Å². The summed E-state index contributed by atoms with van der Waals surface area (Å²) < 4.78 is 29.6. The lowest BCUT2D eigenvalue weighted by molar-refractivity contribution is 0.125. The van der Waals surface area contributed by atoms with Crippen LogP contribution in [0, 0.1) is 6.92 Å². The van der Waals surface area contributed by atoms with Crippen molar-refractivity contribution in [2.45, 2.75) is 82.6 Å². The Labute approximate surface area is 166 Å². The molecule has 0 aromatic heterocycles. The summed E-state index contributed by atoms with van der Waals surface area (Å²) in [7, 11) is 0.00214. The lowest BCUT2D eigenvalue weighted by Gasteiger charge is -2.15. The standard InChI is InChI=1S/C14H31NO.C7H8O3S/c1-4-5-6-7-8-9-10-11-12-14(16)13-15(2)3;1-6-2-4-7(5-3-6)11(8,9)10/h14,16H,4-13H2,1-3H3;2-5H,1H3,(H,8,9,10). The molecule has 1 rings (SSSR count). The zero-order valence-electron chi connectivity index (χ0n) is 17.5. The van der Waals surface area contributed by atoms with Crippen molar-refractivity contribution in [3.8, 4) is 0 Å². The van der Waals surface area contributed by atoms with Gasteiger partial charge in [-0.15, -0.1) is 0 Å². The topological polar surface area (TPSA) is 77.8 Å². The first-order chi connectivity index (χ1) is 12.7. The van der Waals surface area contributed by atoms with Crippen LogP contribution >= 0.6 is 0 Å². The van der Waals surface area contributed by atoms with Gasteiger partial charge in [-0.05, 0) is 39.6 Å². The van der Waals surface area contributed by atoms with Crippen LogP contribution in [0.5, 0.6) is 0 Å². The molecule has 0 saturated heterocycles. The van der Waals surface area contributed by atoms with Crippen LogP contribution in [0.25, 0.3) is 0 Å². The number of rotatable bonds is 12. The Morgan fingerprint density at radius 2 is 1.41 bits per heavy atom. The van der Waals surface area contributed by atoms with Gasteiger partial charge in [-0.3, -0.25) is 4.55 Å². The molecule has 0 aliphatic heterocycles. The normalized spacial score (nSPS) is 12.6. The number of aliphatic hydroxyl groups is 1. The van der Waals surface area contributed by atoms with Crippen LogP contribution in [0.15, 0.2) is 29.2 Å². The van der Waals surface area contributed by atoms with Crippen molar-refractivity contribution in [2.75, 3.05) is 20.6 Å². The number of likely N-dealkylation sites (N-methyl/N-ethyl adjacent to an activating group) is 1. The van der Waals surface area contributed by atoms with Gasteiger partial charge in [0, 0.05) is 6.54 Å². The van der Waals surface area contributed by atoms with Crippen molar-refractivity contribution >= 4 is 10.1 Å². The van der Waals surface area contributed by atoms with Crippen molar-refractivity contribution in [2.24, 2.45) is 0 Å². The summed E-state index contributed by atoms with van der Waals surface area (Å²) in [6.07, 6.45) is 11.6. The van der Waals surface area contributed by atoms with Gasteiger partial charge in [0.25, 0.3) is 10.1 Å². The minimum absolute atomic E-state index is 0.0666. The lowest BCUT2D eigenvalue weighted by Crippen LogP contribution is -2.25. The molecule has 0 spiro atoms. The Bertz CT molecular complexity index is 570. The minimum atomic E-state index is -4.02. The van der Waals surface area contributed by atoms with Crippen LogP contribution in [0.4, 0.5) is 0 Å². The Balaban J connectivity index is 0.000000533. The third-order valence-electron chi connectivity index (χ3n) is 4.29. The van der Waals surface area contributed by atoms with Gasteiger partial charge < -0.3 is 10.0 Å². The molecule has 27 heavy (non-hydrogen) atoms. The van der Waals surface area contributed by atoms with E-state index in [1.54, 1.807) is 12.1 Å². The number of hydrogen-bond donors (Lipinski definition) is 2. The van der Waals surface area contributed by atoms with Gasteiger partial charge >= 0.3 is 0 Å². The van der Waals surface area contributed by atoms with Crippen LogP contribution in [-0.4, -0.2) is 49.7 Å². The SMILES string of the molecule is CCCCCCCCCCC(O)CN(C)C.Cc1ccc(S(=O)(=O)O)cc1. The van der Waals surface area contributed by atoms with E-state index in [-0.39, 0.29) is 11.0 Å². The van der Waals surface area contributed by atoms with Crippen LogP contribution in [0.1, 0.15) is 70.3 Å². The first-order valence-corrected chi connectivity index (χ1v) is 11.5. The molecule has 0 aliphatic rings.